The molecule has 6 heteroatoms. The lowest BCUT2D eigenvalue weighted by Gasteiger charge is -2.17. The number of nitrogens with zero attached hydrogens (tertiary/aromatic N) is 3. The molecule has 6 nitrogen and oxygen atoms in total. The van der Waals surface area contributed by atoms with Crippen LogP contribution in [0.4, 0.5) is 5.69 Å². The molecule has 1 fully saturated rings. The lowest BCUT2D eigenvalue weighted by molar-refractivity contribution is -0.117. The van der Waals surface area contributed by atoms with Gasteiger partial charge in [0.05, 0.1) is 6.54 Å². The quantitative estimate of drug-likeness (QED) is 0.916. The second-order valence-electron chi connectivity index (χ2n) is 5.80. The predicted octanol–water partition coefficient (Wildman–Crippen LogP) is 1.83. The van der Waals surface area contributed by atoms with Gasteiger partial charge >= 0.3 is 0 Å². The first-order valence-electron chi connectivity index (χ1n) is 7.82. The van der Waals surface area contributed by atoms with E-state index in [1.54, 1.807) is 27.9 Å². The fourth-order valence-electron chi connectivity index (χ4n) is 2.76. The Morgan fingerprint density at radius 3 is 2.74 bits per heavy atom. The molecule has 0 aliphatic carbocycles. The van der Waals surface area contributed by atoms with Gasteiger partial charge in [-0.25, -0.2) is 0 Å². The highest BCUT2D eigenvalue weighted by molar-refractivity contribution is 5.97. The maximum absolute atomic E-state index is 12.3. The van der Waals surface area contributed by atoms with Gasteiger partial charge in [-0.15, -0.1) is 0 Å². The summed E-state index contributed by atoms with van der Waals surface area (Å²) in [5.41, 5.74) is 1.45. The Bertz CT molecular complexity index is 679. The SMILES string of the molecule is CC(Cn1cccn1)NC(=O)c1ccc(N2CCCC2=O)cc1. The lowest BCUT2D eigenvalue weighted by Crippen LogP contribution is -2.35. The number of benzene rings is 1. The van der Waals surface area contributed by atoms with Crippen LogP contribution in [-0.2, 0) is 11.3 Å². The molecule has 1 saturated heterocycles. The Morgan fingerprint density at radius 2 is 2.13 bits per heavy atom. The van der Waals surface area contributed by atoms with Gasteiger partial charge in [0, 0.05) is 42.7 Å². The number of aromatic nitrogens is 2. The molecule has 0 saturated carbocycles. The Labute approximate surface area is 135 Å². The van der Waals surface area contributed by atoms with Crippen molar-refractivity contribution in [1.29, 1.82) is 0 Å². The Kier molecular flexibility index (Phi) is 4.41. The van der Waals surface area contributed by atoms with Crippen molar-refractivity contribution in [2.45, 2.75) is 32.4 Å². The fraction of sp³-hybridized carbons (Fsp3) is 0.353. The van der Waals surface area contributed by atoms with Crippen LogP contribution < -0.4 is 10.2 Å². The smallest absolute Gasteiger partial charge is 0.251 e. The summed E-state index contributed by atoms with van der Waals surface area (Å²) >= 11 is 0. The van der Waals surface area contributed by atoms with Crippen LogP contribution in [0, 0.1) is 0 Å². The van der Waals surface area contributed by atoms with Crippen molar-refractivity contribution in [3.63, 3.8) is 0 Å². The van der Waals surface area contributed by atoms with Gasteiger partial charge in [-0.05, 0) is 43.7 Å². The van der Waals surface area contributed by atoms with Gasteiger partial charge < -0.3 is 10.2 Å². The maximum Gasteiger partial charge on any atom is 0.251 e. The number of carbonyl (C=O) groups excluding carboxylic acids is 2. The first-order chi connectivity index (χ1) is 11.1. The first kappa shape index (κ1) is 15.3. The van der Waals surface area contributed by atoms with E-state index < -0.39 is 0 Å². The monoisotopic (exact) mass is 312 g/mol. The second-order valence-corrected chi connectivity index (χ2v) is 5.80. The molecule has 1 aliphatic heterocycles. The van der Waals surface area contributed by atoms with Crippen molar-refractivity contribution >= 4 is 17.5 Å². The number of hydrogen-bond acceptors (Lipinski definition) is 3. The minimum absolute atomic E-state index is 0.0257. The highest BCUT2D eigenvalue weighted by Crippen LogP contribution is 2.21. The minimum atomic E-state index is -0.121. The zero-order valence-corrected chi connectivity index (χ0v) is 13.1. The number of nitrogens with one attached hydrogen (secondary N) is 1. The van der Waals surface area contributed by atoms with E-state index in [1.165, 1.54) is 0 Å². The summed E-state index contributed by atoms with van der Waals surface area (Å²) < 4.78 is 1.78. The highest BCUT2D eigenvalue weighted by Gasteiger charge is 2.21. The van der Waals surface area contributed by atoms with Crippen molar-refractivity contribution in [2.75, 3.05) is 11.4 Å². The van der Waals surface area contributed by atoms with Crippen LogP contribution >= 0.6 is 0 Å². The average Bonchev–Trinajstić information content (AvgIpc) is 3.19. The van der Waals surface area contributed by atoms with E-state index in [0.29, 0.717) is 18.5 Å². The van der Waals surface area contributed by atoms with Crippen molar-refractivity contribution in [3.8, 4) is 0 Å². The van der Waals surface area contributed by atoms with Gasteiger partial charge in [0.25, 0.3) is 5.91 Å². The molecule has 1 N–H and O–H groups in total. The molecule has 120 valence electrons. The molecule has 0 radical (unpaired) electrons. The Hall–Kier alpha value is -2.63. The first-order valence-corrected chi connectivity index (χ1v) is 7.82. The molecule has 2 heterocycles. The van der Waals surface area contributed by atoms with Crippen molar-refractivity contribution < 1.29 is 9.59 Å². The summed E-state index contributed by atoms with van der Waals surface area (Å²) in [5, 5.41) is 7.08. The molecule has 1 aromatic carbocycles. The molecule has 3 rings (SSSR count). The molecule has 2 aromatic rings. The van der Waals surface area contributed by atoms with E-state index >= 15 is 0 Å². The Balaban J connectivity index is 1.60. The molecular formula is C17H20N4O2. The molecule has 2 amide bonds. The number of hydrogen-bond donors (Lipinski definition) is 1. The summed E-state index contributed by atoms with van der Waals surface area (Å²) in [6.45, 7) is 3.32. The summed E-state index contributed by atoms with van der Waals surface area (Å²) in [4.78, 5) is 25.8. The molecule has 23 heavy (non-hydrogen) atoms. The maximum atomic E-state index is 12.3. The summed E-state index contributed by atoms with van der Waals surface area (Å²) in [6, 6.07) is 9.01. The zero-order chi connectivity index (χ0) is 16.2. The summed E-state index contributed by atoms with van der Waals surface area (Å²) in [5.74, 6) is 0.0269. The van der Waals surface area contributed by atoms with E-state index in [2.05, 4.69) is 10.4 Å². The number of anilines is 1. The molecular weight excluding hydrogens is 292 g/mol. The topological polar surface area (TPSA) is 67.2 Å². The van der Waals surface area contributed by atoms with Crippen LogP contribution in [0.15, 0.2) is 42.7 Å². The van der Waals surface area contributed by atoms with Gasteiger partial charge in [-0.3, -0.25) is 14.3 Å². The van der Waals surface area contributed by atoms with Gasteiger partial charge in [0.1, 0.15) is 0 Å². The molecule has 1 aromatic heterocycles. The molecule has 1 atom stereocenters. The average molecular weight is 312 g/mol. The van der Waals surface area contributed by atoms with Gasteiger partial charge in [-0.2, -0.15) is 5.10 Å². The van der Waals surface area contributed by atoms with Crippen LogP contribution in [0.5, 0.6) is 0 Å². The van der Waals surface area contributed by atoms with Crippen LogP contribution in [0.2, 0.25) is 0 Å². The molecule has 0 bridgehead atoms. The van der Waals surface area contributed by atoms with Gasteiger partial charge in [-0.1, -0.05) is 0 Å². The standard InChI is InChI=1S/C17H20N4O2/c1-13(12-20-10-3-9-18-20)19-17(23)14-5-7-15(8-6-14)21-11-2-4-16(21)22/h3,5-10,13H,2,4,11-12H2,1H3,(H,19,23). The van der Waals surface area contributed by atoms with E-state index in [9.17, 15) is 9.59 Å². The van der Waals surface area contributed by atoms with Crippen molar-refractivity contribution in [3.05, 3.63) is 48.3 Å². The van der Waals surface area contributed by atoms with E-state index in [1.807, 2.05) is 31.3 Å². The van der Waals surface area contributed by atoms with Crippen molar-refractivity contribution in [2.24, 2.45) is 0 Å². The van der Waals surface area contributed by atoms with Gasteiger partial charge in [0.2, 0.25) is 5.91 Å². The largest absolute Gasteiger partial charge is 0.348 e. The summed E-state index contributed by atoms with van der Waals surface area (Å²) in [7, 11) is 0. The van der Waals surface area contributed by atoms with E-state index in [-0.39, 0.29) is 17.9 Å². The zero-order valence-electron chi connectivity index (χ0n) is 13.1. The van der Waals surface area contributed by atoms with Crippen molar-refractivity contribution in [1.82, 2.24) is 15.1 Å². The third kappa shape index (κ3) is 3.59. The highest BCUT2D eigenvalue weighted by atomic mass is 16.2. The van der Waals surface area contributed by atoms with Crippen LogP contribution in [0.3, 0.4) is 0 Å². The van der Waals surface area contributed by atoms with E-state index in [0.717, 1.165) is 18.7 Å². The summed E-state index contributed by atoms with van der Waals surface area (Å²) in [6.07, 6.45) is 5.08. The third-order valence-electron chi connectivity index (χ3n) is 3.91. The van der Waals surface area contributed by atoms with Crippen LogP contribution in [-0.4, -0.2) is 34.2 Å². The Morgan fingerprint density at radius 1 is 1.35 bits per heavy atom. The van der Waals surface area contributed by atoms with Crippen LogP contribution in [0.25, 0.3) is 0 Å². The molecule has 1 aliphatic rings. The second kappa shape index (κ2) is 6.64. The number of amides is 2. The number of carbonyl (C=O) groups is 2. The number of rotatable bonds is 5. The predicted molar refractivity (Wildman–Crippen MR) is 87.2 cm³/mol. The molecule has 0 spiro atoms. The molecule has 1 unspecified atom stereocenters. The minimum Gasteiger partial charge on any atom is -0.348 e. The fourth-order valence-corrected chi connectivity index (χ4v) is 2.76. The van der Waals surface area contributed by atoms with Gasteiger partial charge in [0.15, 0.2) is 0 Å². The normalized spacial score (nSPS) is 15.7. The van der Waals surface area contributed by atoms with E-state index in [4.69, 9.17) is 0 Å². The van der Waals surface area contributed by atoms with Crippen LogP contribution in [0.1, 0.15) is 30.1 Å². The lowest BCUT2D eigenvalue weighted by atomic mass is 10.1. The third-order valence-corrected chi connectivity index (χ3v) is 3.91.